The first kappa shape index (κ1) is 24.6. The molecule has 0 atom stereocenters. The standard InChI is InChI=1S/C23H26ClN3O5S/c1-13-9-17(10-14(2)22(13)24)33(29,30)26-25-23(28)18-11-20(31-5)21(32-6)12-19(18)27-15(3)7-8-16(27)4/h7-12,26H,1-6H3,(H,25,28). The molecule has 8 nitrogen and oxygen atoms in total. The van der Waals surface area contributed by atoms with Crippen molar-refractivity contribution < 1.29 is 22.7 Å². The molecular formula is C23H26ClN3O5S. The third-order valence-electron chi connectivity index (χ3n) is 5.28. The van der Waals surface area contributed by atoms with E-state index in [1.54, 1.807) is 19.9 Å². The van der Waals surface area contributed by atoms with Crippen molar-refractivity contribution in [2.45, 2.75) is 32.6 Å². The summed E-state index contributed by atoms with van der Waals surface area (Å²) in [6.07, 6.45) is 0. The summed E-state index contributed by atoms with van der Waals surface area (Å²) in [5, 5.41) is 0.491. The van der Waals surface area contributed by atoms with Gasteiger partial charge in [0.1, 0.15) is 0 Å². The molecule has 0 bridgehead atoms. The maximum Gasteiger partial charge on any atom is 0.268 e. The molecule has 0 aliphatic rings. The molecule has 1 amide bonds. The highest BCUT2D eigenvalue weighted by molar-refractivity contribution is 7.89. The molecule has 0 aliphatic heterocycles. The van der Waals surface area contributed by atoms with Crippen molar-refractivity contribution in [3.8, 4) is 17.2 Å². The molecule has 3 rings (SSSR count). The molecule has 0 spiro atoms. The van der Waals surface area contributed by atoms with Crippen molar-refractivity contribution in [3.05, 3.63) is 69.5 Å². The van der Waals surface area contributed by atoms with Crippen LogP contribution < -0.4 is 19.7 Å². The van der Waals surface area contributed by atoms with Crippen LogP contribution in [0.1, 0.15) is 32.9 Å². The van der Waals surface area contributed by atoms with E-state index in [0.29, 0.717) is 33.3 Å². The minimum atomic E-state index is -4.04. The summed E-state index contributed by atoms with van der Waals surface area (Å²) >= 11 is 6.14. The highest BCUT2D eigenvalue weighted by Crippen LogP contribution is 2.34. The molecule has 0 aliphatic carbocycles. The molecule has 0 saturated carbocycles. The van der Waals surface area contributed by atoms with E-state index in [9.17, 15) is 13.2 Å². The van der Waals surface area contributed by atoms with Gasteiger partial charge in [0, 0.05) is 22.5 Å². The van der Waals surface area contributed by atoms with E-state index >= 15 is 0 Å². The number of aryl methyl sites for hydroxylation is 4. The summed E-state index contributed by atoms with van der Waals surface area (Å²) in [6, 6.07) is 9.90. The highest BCUT2D eigenvalue weighted by atomic mass is 35.5. The monoisotopic (exact) mass is 491 g/mol. The van der Waals surface area contributed by atoms with Gasteiger partial charge in [-0.25, -0.2) is 8.42 Å². The zero-order valence-corrected chi connectivity index (χ0v) is 20.8. The zero-order valence-electron chi connectivity index (χ0n) is 19.2. The largest absolute Gasteiger partial charge is 0.493 e. The van der Waals surface area contributed by atoms with Crippen LogP contribution in [0.5, 0.6) is 11.5 Å². The van der Waals surface area contributed by atoms with E-state index in [4.69, 9.17) is 21.1 Å². The van der Waals surface area contributed by atoms with Crippen LogP contribution in [0.4, 0.5) is 0 Å². The van der Waals surface area contributed by atoms with Crippen molar-refractivity contribution in [3.63, 3.8) is 0 Å². The summed E-state index contributed by atoms with van der Waals surface area (Å²) in [5.41, 5.74) is 6.02. The minimum absolute atomic E-state index is 0.00756. The van der Waals surface area contributed by atoms with Gasteiger partial charge in [0.05, 0.1) is 30.4 Å². The Labute approximate surface area is 198 Å². The normalized spacial score (nSPS) is 11.4. The number of hydrazine groups is 1. The Kier molecular flexibility index (Phi) is 7.06. The van der Waals surface area contributed by atoms with Gasteiger partial charge in [-0.3, -0.25) is 10.2 Å². The number of ether oxygens (including phenoxy) is 2. The molecule has 33 heavy (non-hydrogen) atoms. The molecule has 3 aromatic rings. The number of halogens is 1. The van der Waals surface area contributed by atoms with Crippen LogP contribution in [-0.4, -0.2) is 33.1 Å². The second-order valence-corrected chi connectivity index (χ2v) is 9.67. The van der Waals surface area contributed by atoms with E-state index in [1.165, 1.54) is 32.4 Å². The first-order chi connectivity index (χ1) is 15.5. The summed E-state index contributed by atoms with van der Waals surface area (Å²) in [6.45, 7) is 7.23. The minimum Gasteiger partial charge on any atom is -0.493 e. The Morgan fingerprint density at radius 2 is 1.42 bits per heavy atom. The van der Waals surface area contributed by atoms with Gasteiger partial charge in [0.25, 0.3) is 15.9 Å². The maximum atomic E-state index is 13.1. The summed E-state index contributed by atoms with van der Waals surface area (Å²) in [7, 11) is -1.08. The number of rotatable bonds is 7. The molecule has 0 unspecified atom stereocenters. The fraction of sp³-hybridized carbons (Fsp3) is 0.261. The number of benzene rings is 2. The number of nitrogens with one attached hydrogen (secondary N) is 2. The number of nitrogens with zero attached hydrogens (tertiary/aromatic N) is 1. The van der Waals surface area contributed by atoms with E-state index in [-0.39, 0.29) is 10.5 Å². The van der Waals surface area contributed by atoms with Crippen LogP contribution in [-0.2, 0) is 10.0 Å². The first-order valence-corrected chi connectivity index (χ1v) is 11.9. The van der Waals surface area contributed by atoms with Crippen molar-refractivity contribution in [1.82, 2.24) is 14.8 Å². The average molecular weight is 492 g/mol. The molecule has 2 N–H and O–H groups in total. The molecule has 1 aromatic heterocycles. The number of carbonyl (C=O) groups is 1. The van der Waals surface area contributed by atoms with Gasteiger partial charge >= 0.3 is 0 Å². The van der Waals surface area contributed by atoms with Gasteiger partial charge in [-0.1, -0.05) is 11.6 Å². The highest BCUT2D eigenvalue weighted by Gasteiger charge is 2.22. The molecule has 2 aromatic carbocycles. The lowest BCUT2D eigenvalue weighted by atomic mass is 10.1. The lowest BCUT2D eigenvalue weighted by Crippen LogP contribution is -2.42. The number of amides is 1. The molecule has 176 valence electrons. The van der Waals surface area contributed by atoms with Crippen molar-refractivity contribution in [2.24, 2.45) is 0 Å². The second kappa shape index (κ2) is 9.46. The predicted octanol–water partition coefficient (Wildman–Crippen LogP) is 4.00. The lowest BCUT2D eigenvalue weighted by molar-refractivity contribution is 0.0944. The smallest absolute Gasteiger partial charge is 0.268 e. The second-order valence-electron chi connectivity index (χ2n) is 7.61. The molecule has 10 heteroatoms. The third kappa shape index (κ3) is 4.85. The number of methoxy groups -OCH3 is 2. The third-order valence-corrected chi connectivity index (χ3v) is 7.10. The van der Waals surface area contributed by atoms with Gasteiger partial charge < -0.3 is 14.0 Å². The van der Waals surface area contributed by atoms with Gasteiger partial charge in [-0.15, -0.1) is 4.83 Å². The van der Waals surface area contributed by atoms with E-state index in [0.717, 1.165) is 11.4 Å². The molecule has 0 saturated heterocycles. The number of hydrogen-bond acceptors (Lipinski definition) is 5. The fourth-order valence-corrected chi connectivity index (χ4v) is 4.70. The average Bonchev–Trinajstić information content (AvgIpc) is 3.12. The fourth-order valence-electron chi connectivity index (χ4n) is 3.58. The summed E-state index contributed by atoms with van der Waals surface area (Å²) in [5.74, 6) is 0.106. The summed E-state index contributed by atoms with van der Waals surface area (Å²) in [4.78, 5) is 15.3. The van der Waals surface area contributed by atoms with Crippen molar-refractivity contribution in [2.75, 3.05) is 14.2 Å². The lowest BCUT2D eigenvalue weighted by Gasteiger charge is -2.18. The quantitative estimate of drug-likeness (QED) is 0.487. The number of carbonyl (C=O) groups excluding carboxylic acids is 1. The van der Waals surface area contributed by atoms with Crippen LogP contribution in [0.25, 0.3) is 5.69 Å². The first-order valence-electron chi connectivity index (χ1n) is 10.0. The Morgan fingerprint density at radius 1 is 0.909 bits per heavy atom. The van der Waals surface area contributed by atoms with Crippen LogP contribution in [0.2, 0.25) is 5.02 Å². The summed E-state index contributed by atoms with van der Waals surface area (Å²) < 4.78 is 38.2. The Hall–Kier alpha value is -3.01. The van der Waals surface area contributed by atoms with Crippen LogP contribution in [0.3, 0.4) is 0 Å². The zero-order chi connectivity index (χ0) is 24.5. The Bertz CT molecular complexity index is 1290. The predicted molar refractivity (Wildman–Crippen MR) is 127 cm³/mol. The van der Waals surface area contributed by atoms with Crippen LogP contribution in [0.15, 0.2) is 41.3 Å². The number of aromatic nitrogens is 1. The van der Waals surface area contributed by atoms with Gasteiger partial charge in [-0.05, 0) is 69.2 Å². The Morgan fingerprint density at radius 3 is 1.94 bits per heavy atom. The number of sulfonamides is 1. The van der Waals surface area contributed by atoms with Gasteiger partial charge in [0.15, 0.2) is 11.5 Å². The van der Waals surface area contributed by atoms with E-state index in [2.05, 4.69) is 10.3 Å². The molecule has 1 heterocycles. The Balaban J connectivity index is 2.00. The maximum absolute atomic E-state index is 13.1. The van der Waals surface area contributed by atoms with E-state index in [1.807, 2.05) is 30.5 Å². The topological polar surface area (TPSA) is 98.7 Å². The van der Waals surface area contributed by atoms with Crippen molar-refractivity contribution in [1.29, 1.82) is 0 Å². The van der Waals surface area contributed by atoms with Crippen LogP contribution >= 0.6 is 11.6 Å². The van der Waals surface area contributed by atoms with Gasteiger partial charge in [-0.2, -0.15) is 0 Å². The van der Waals surface area contributed by atoms with Crippen LogP contribution in [0, 0.1) is 27.7 Å². The molecule has 0 radical (unpaired) electrons. The SMILES string of the molecule is COc1cc(C(=O)NNS(=O)(=O)c2cc(C)c(Cl)c(C)c2)c(-n2c(C)ccc2C)cc1OC. The molecular weight excluding hydrogens is 466 g/mol. The van der Waals surface area contributed by atoms with Crippen molar-refractivity contribution >= 4 is 27.5 Å². The van der Waals surface area contributed by atoms with E-state index < -0.39 is 15.9 Å². The van der Waals surface area contributed by atoms with Gasteiger partial charge in [0.2, 0.25) is 0 Å². The molecule has 0 fully saturated rings. The number of hydrogen-bond donors (Lipinski definition) is 2.